The van der Waals surface area contributed by atoms with Gasteiger partial charge < -0.3 is 14.2 Å². The molecule has 0 saturated heterocycles. The van der Waals surface area contributed by atoms with Gasteiger partial charge in [0.2, 0.25) is 0 Å². The van der Waals surface area contributed by atoms with Gasteiger partial charge in [-0.3, -0.25) is 0 Å². The predicted octanol–water partition coefficient (Wildman–Crippen LogP) is 2.76. The standard InChI is InChI=1S/C10H10BrFO3/c1-13-9-6(12)5-7-10(8(9)11)15-4-2-3-14-7/h5H,2-4H2,1H3. The molecule has 0 aromatic heterocycles. The molecule has 0 unspecified atom stereocenters. The molecule has 0 fully saturated rings. The molecule has 15 heavy (non-hydrogen) atoms. The van der Waals surface area contributed by atoms with Gasteiger partial charge in [-0.05, 0) is 15.9 Å². The Bertz CT molecular complexity index is 381. The van der Waals surface area contributed by atoms with E-state index in [1.165, 1.54) is 13.2 Å². The second-order valence-electron chi connectivity index (χ2n) is 3.08. The van der Waals surface area contributed by atoms with Crippen molar-refractivity contribution in [1.29, 1.82) is 0 Å². The molecule has 0 bridgehead atoms. The number of fused-ring (bicyclic) bond motifs is 1. The molecule has 2 rings (SSSR count). The Kier molecular flexibility index (Phi) is 3.00. The monoisotopic (exact) mass is 276 g/mol. The van der Waals surface area contributed by atoms with Crippen molar-refractivity contribution >= 4 is 15.9 Å². The van der Waals surface area contributed by atoms with Gasteiger partial charge >= 0.3 is 0 Å². The van der Waals surface area contributed by atoms with Crippen LogP contribution in [-0.2, 0) is 0 Å². The number of halogens is 2. The summed E-state index contributed by atoms with van der Waals surface area (Å²) in [5, 5.41) is 0. The van der Waals surface area contributed by atoms with E-state index in [4.69, 9.17) is 14.2 Å². The van der Waals surface area contributed by atoms with E-state index in [1.807, 2.05) is 0 Å². The normalized spacial score (nSPS) is 14.6. The number of rotatable bonds is 1. The first kappa shape index (κ1) is 10.5. The number of methoxy groups -OCH3 is 1. The molecule has 0 N–H and O–H groups in total. The van der Waals surface area contributed by atoms with Gasteiger partial charge in [-0.15, -0.1) is 0 Å². The van der Waals surface area contributed by atoms with Crippen LogP contribution in [0.4, 0.5) is 4.39 Å². The zero-order chi connectivity index (χ0) is 10.8. The van der Waals surface area contributed by atoms with E-state index in [9.17, 15) is 4.39 Å². The highest BCUT2D eigenvalue weighted by Gasteiger charge is 2.21. The third kappa shape index (κ3) is 1.88. The van der Waals surface area contributed by atoms with Gasteiger partial charge in [0.25, 0.3) is 0 Å². The summed E-state index contributed by atoms with van der Waals surface area (Å²) in [6.07, 6.45) is 0.783. The molecule has 0 saturated carbocycles. The van der Waals surface area contributed by atoms with Crippen molar-refractivity contribution < 1.29 is 18.6 Å². The van der Waals surface area contributed by atoms with Crippen LogP contribution < -0.4 is 14.2 Å². The van der Waals surface area contributed by atoms with Crippen molar-refractivity contribution in [2.45, 2.75) is 6.42 Å². The zero-order valence-corrected chi connectivity index (χ0v) is 9.77. The molecule has 0 radical (unpaired) electrons. The summed E-state index contributed by atoms with van der Waals surface area (Å²) in [7, 11) is 1.41. The van der Waals surface area contributed by atoms with Crippen molar-refractivity contribution in [3.8, 4) is 17.2 Å². The summed E-state index contributed by atoms with van der Waals surface area (Å²) in [6.45, 7) is 1.09. The Balaban J connectivity index is 2.53. The quantitative estimate of drug-likeness (QED) is 0.790. The molecule has 1 aliphatic rings. The van der Waals surface area contributed by atoms with Crippen molar-refractivity contribution in [3.05, 3.63) is 16.4 Å². The lowest BCUT2D eigenvalue weighted by Gasteiger charge is -2.12. The molecule has 82 valence electrons. The van der Waals surface area contributed by atoms with E-state index < -0.39 is 5.82 Å². The average molecular weight is 277 g/mol. The maximum Gasteiger partial charge on any atom is 0.179 e. The van der Waals surface area contributed by atoms with Gasteiger partial charge in [0.1, 0.15) is 4.47 Å². The summed E-state index contributed by atoms with van der Waals surface area (Å²) in [5.74, 6) is 0.594. The van der Waals surface area contributed by atoms with Gasteiger partial charge in [0, 0.05) is 12.5 Å². The maximum atomic E-state index is 13.5. The fourth-order valence-corrected chi connectivity index (χ4v) is 2.07. The average Bonchev–Trinajstić information content (AvgIpc) is 2.43. The first-order valence-corrected chi connectivity index (χ1v) is 5.35. The maximum absolute atomic E-state index is 13.5. The molecule has 0 amide bonds. The summed E-state index contributed by atoms with van der Waals surface area (Å²) < 4.78 is 29.7. The van der Waals surface area contributed by atoms with Crippen LogP contribution in [0.5, 0.6) is 17.2 Å². The SMILES string of the molecule is COc1c(F)cc2c(c1Br)OCCCO2. The minimum absolute atomic E-state index is 0.138. The van der Waals surface area contributed by atoms with E-state index in [-0.39, 0.29) is 5.75 Å². The highest BCUT2D eigenvalue weighted by molar-refractivity contribution is 9.10. The van der Waals surface area contributed by atoms with Gasteiger partial charge in [0.05, 0.1) is 20.3 Å². The number of hydrogen-bond donors (Lipinski definition) is 0. The minimum atomic E-state index is -0.464. The molecular formula is C10H10BrFO3. The molecule has 1 aliphatic heterocycles. The van der Waals surface area contributed by atoms with Crippen LogP contribution in [0.1, 0.15) is 6.42 Å². The molecule has 0 spiro atoms. The van der Waals surface area contributed by atoms with Crippen LogP contribution in [-0.4, -0.2) is 20.3 Å². The Morgan fingerprint density at radius 1 is 1.40 bits per heavy atom. The van der Waals surface area contributed by atoms with Crippen LogP contribution >= 0.6 is 15.9 Å². The Labute approximate surface area is 95.3 Å². The molecule has 0 aliphatic carbocycles. The van der Waals surface area contributed by atoms with Gasteiger partial charge in [-0.2, -0.15) is 0 Å². The van der Waals surface area contributed by atoms with Crippen LogP contribution in [0.25, 0.3) is 0 Å². The molecule has 3 nitrogen and oxygen atoms in total. The second kappa shape index (κ2) is 4.26. The zero-order valence-electron chi connectivity index (χ0n) is 8.18. The summed E-state index contributed by atoms with van der Waals surface area (Å²) in [6, 6.07) is 1.28. The molecule has 1 aromatic carbocycles. The number of benzene rings is 1. The van der Waals surface area contributed by atoms with Crippen LogP contribution in [0, 0.1) is 5.82 Å². The van der Waals surface area contributed by atoms with Gasteiger partial charge in [0.15, 0.2) is 23.1 Å². The van der Waals surface area contributed by atoms with Crippen LogP contribution in [0.2, 0.25) is 0 Å². The van der Waals surface area contributed by atoms with Crippen LogP contribution in [0.15, 0.2) is 10.5 Å². The van der Waals surface area contributed by atoms with E-state index in [0.29, 0.717) is 29.2 Å². The first-order chi connectivity index (χ1) is 7.24. The second-order valence-corrected chi connectivity index (χ2v) is 3.88. The largest absolute Gasteiger partial charge is 0.492 e. The molecule has 1 heterocycles. The van der Waals surface area contributed by atoms with E-state index >= 15 is 0 Å². The molecular weight excluding hydrogens is 267 g/mol. The minimum Gasteiger partial charge on any atom is -0.492 e. The van der Waals surface area contributed by atoms with Crippen molar-refractivity contribution in [2.75, 3.05) is 20.3 Å². The summed E-state index contributed by atoms with van der Waals surface area (Å²) in [4.78, 5) is 0. The summed E-state index contributed by atoms with van der Waals surface area (Å²) in [5.41, 5.74) is 0. The highest BCUT2D eigenvalue weighted by atomic mass is 79.9. The predicted molar refractivity (Wildman–Crippen MR) is 56.3 cm³/mol. The third-order valence-electron chi connectivity index (χ3n) is 2.09. The van der Waals surface area contributed by atoms with E-state index in [0.717, 1.165) is 6.42 Å². The smallest absolute Gasteiger partial charge is 0.179 e. The molecule has 0 atom stereocenters. The van der Waals surface area contributed by atoms with Gasteiger partial charge in [-0.25, -0.2) is 4.39 Å². The number of hydrogen-bond acceptors (Lipinski definition) is 3. The van der Waals surface area contributed by atoms with Crippen molar-refractivity contribution in [1.82, 2.24) is 0 Å². The van der Waals surface area contributed by atoms with Crippen molar-refractivity contribution in [2.24, 2.45) is 0 Å². The lowest BCUT2D eigenvalue weighted by atomic mass is 10.3. The summed E-state index contributed by atoms with van der Waals surface area (Å²) >= 11 is 3.24. The van der Waals surface area contributed by atoms with Gasteiger partial charge in [-0.1, -0.05) is 0 Å². The van der Waals surface area contributed by atoms with Crippen molar-refractivity contribution in [3.63, 3.8) is 0 Å². The Morgan fingerprint density at radius 2 is 2.13 bits per heavy atom. The lowest BCUT2D eigenvalue weighted by Crippen LogP contribution is -1.98. The highest BCUT2D eigenvalue weighted by Crippen LogP contribution is 2.44. The van der Waals surface area contributed by atoms with Crippen LogP contribution in [0.3, 0.4) is 0 Å². The Morgan fingerprint density at radius 3 is 2.87 bits per heavy atom. The topological polar surface area (TPSA) is 27.7 Å². The Hall–Kier alpha value is -0.970. The fraction of sp³-hybridized carbons (Fsp3) is 0.400. The molecule has 1 aromatic rings. The first-order valence-electron chi connectivity index (χ1n) is 4.55. The molecule has 5 heteroatoms. The number of ether oxygens (including phenoxy) is 3. The third-order valence-corrected chi connectivity index (χ3v) is 2.81. The fourth-order valence-electron chi connectivity index (χ4n) is 1.41. The van der Waals surface area contributed by atoms with E-state index in [2.05, 4.69) is 15.9 Å². The van der Waals surface area contributed by atoms with E-state index in [1.54, 1.807) is 0 Å². The lowest BCUT2D eigenvalue weighted by molar-refractivity contribution is 0.296.